The second-order valence-electron chi connectivity index (χ2n) is 4.32. The number of hydrogen-bond donors (Lipinski definition) is 2. The number of amides is 1. The molecular formula is C14H18BrNO3S. The van der Waals surface area contributed by atoms with Gasteiger partial charge in [-0.25, -0.2) is 0 Å². The van der Waals surface area contributed by atoms with Crippen molar-refractivity contribution in [1.29, 1.82) is 0 Å². The van der Waals surface area contributed by atoms with Crippen molar-refractivity contribution in [3.8, 4) is 0 Å². The van der Waals surface area contributed by atoms with Crippen molar-refractivity contribution in [3.05, 3.63) is 26.9 Å². The molecule has 2 N–H and O–H groups in total. The van der Waals surface area contributed by atoms with Gasteiger partial charge in [-0.2, -0.15) is 0 Å². The van der Waals surface area contributed by atoms with E-state index in [0.29, 0.717) is 13.0 Å². The monoisotopic (exact) mass is 359 g/mol. The molecule has 1 heterocycles. The fourth-order valence-corrected chi connectivity index (χ4v) is 2.93. The molecule has 0 aliphatic heterocycles. The van der Waals surface area contributed by atoms with Crippen molar-refractivity contribution in [3.63, 3.8) is 0 Å². The van der Waals surface area contributed by atoms with E-state index in [4.69, 9.17) is 5.11 Å². The van der Waals surface area contributed by atoms with Gasteiger partial charge in [0, 0.05) is 23.9 Å². The number of halogens is 1. The highest BCUT2D eigenvalue weighted by Gasteiger charge is 1.98. The van der Waals surface area contributed by atoms with Crippen LogP contribution in [-0.4, -0.2) is 23.5 Å². The average Bonchev–Trinajstić information content (AvgIpc) is 2.81. The van der Waals surface area contributed by atoms with Crippen LogP contribution in [0, 0.1) is 0 Å². The van der Waals surface area contributed by atoms with Crippen LogP contribution in [0.4, 0.5) is 0 Å². The van der Waals surface area contributed by atoms with Gasteiger partial charge in [0.2, 0.25) is 5.91 Å². The highest BCUT2D eigenvalue weighted by atomic mass is 79.9. The summed E-state index contributed by atoms with van der Waals surface area (Å²) >= 11 is 4.94. The number of rotatable bonds is 9. The van der Waals surface area contributed by atoms with Gasteiger partial charge >= 0.3 is 5.97 Å². The number of nitrogens with one attached hydrogen (secondary N) is 1. The molecule has 6 heteroatoms. The zero-order chi connectivity index (χ0) is 14.8. The van der Waals surface area contributed by atoms with E-state index >= 15 is 0 Å². The lowest BCUT2D eigenvalue weighted by molar-refractivity contribution is -0.137. The summed E-state index contributed by atoms with van der Waals surface area (Å²) in [6.07, 6.45) is 6.96. The summed E-state index contributed by atoms with van der Waals surface area (Å²) < 4.78 is 1.04. The Hall–Kier alpha value is -1.14. The summed E-state index contributed by atoms with van der Waals surface area (Å²) in [5.41, 5.74) is 0. The van der Waals surface area contributed by atoms with Gasteiger partial charge in [0.05, 0.1) is 3.79 Å². The van der Waals surface area contributed by atoms with E-state index in [0.717, 1.165) is 27.9 Å². The summed E-state index contributed by atoms with van der Waals surface area (Å²) in [6, 6.07) is 3.89. The van der Waals surface area contributed by atoms with Crippen molar-refractivity contribution in [2.75, 3.05) is 6.54 Å². The van der Waals surface area contributed by atoms with Crippen molar-refractivity contribution in [1.82, 2.24) is 5.32 Å². The van der Waals surface area contributed by atoms with Crippen molar-refractivity contribution < 1.29 is 14.7 Å². The van der Waals surface area contributed by atoms with Gasteiger partial charge in [0.25, 0.3) is 0 Å². The molecule has 0 bridgehead atoms. The fraction of sp³-hybridized carbons (Fsp3) is 0.429. The van der Waals surface area contributed by atoms with E-state index in [1.165, 1.54) is 6.08 Å². The van der Waals surface area contributed by atoms with E-state index < -0.39 is 5.97 Å². The molecule has 0 fully saturated rings. The van der Waals surface area contributed by atoms with Gasteiger partial charge in [-0.1, -0.05) is 12.8 Å². The van der Waals surface area contributed by atoms with E-state index in [-0.39, 0.29) is 12.3 Å². The number of carbonyl (C=O) groups is 2. The molecule has 20 heavy (non-hydrogen) atoms. The Labute approximate surface area is 131 Å². The Morgan fingerprint density at radius 3 is 2.65 bits per heavy atom. The summed E-state index contributed by atoms with van der Waals surface area (Å²) in [6.45, 7) is 0.629. The van der Waals surface area contributed by atoms with Gasteiger partial charge < -0.3 is 10.4 Å². The second kappa shape index (κ2) is 9.72. The molecule has 0 spiro atoms. The van der Waals surface area contributed by atoms with Crippen LogP contribution in [0.3, 0.4) is 0 Å². The van der Waals surface area contributed by atoms with Crippen molar-refractivity contribution in [2.24, 2.45) is 0 Å². The van der Waals surface area contributed by atoms with Gasteiger partial charge in [-0.05, 0) is 47.0 Å². The van der Waals surface area contributed by atoms with Crippen molar-refractivity contribution in [2.45, 2.75) is 32.1 Å². The third-order valence-corrected chi connectivity index (χ3v) is 4.20. The first-order valence-electron chi connectivity index (χ1n) is 6.51. The topological polar surface area (TPSA) is 66.4 Å². The van der Waals surface area contributed by atoms with Crippen LogP contribution < -0.4 is 5.32 Å². The van der Waals surface area contributed by atoms with Crippen LogP contribution >= 0.6 is 27.3 Å². The number of unbranched alkanes of at least 4 members (excludes halogenated alkanes) is 3. The lowest BCUT2D eigenvalue weighted by Crippen LogP contribution is -2.21. The van der Waals surface area contributed by atoms with Crippen LogP contribution in [0.5, 0.6) is 0 Å². The molecular weight excluding hydrogens is 342 g/mol. The molecule has 1 aromatic rings. The number of aliphatic carboxylic acids is 1. The quantitative estimate of drug-likeness (QED) is 0.522. The molecule has 4 nitrogen and oxygen atoms in total. The van der Waals surface area contributed by atoms with Gasteiger partial charge in [0.1, 0.15) is 0 Å². The minimum Gasteiger partial charge on any atom is -0.481 e. The number of carboxylic acid groups (broad SMARTS) is 1. The van der Waals surface area contributed by atoms with E-state index in [9.17, 15) is 9.59 Å². The van der Waals surface area contributed by atoms with Crippen LogP contribution in [0.15, 0.2) is 22.0 Å². The fourth-order valence-electron chi connectivity index (χ4n) is 1.60. The smallest absolute Gasteiger partial charge is 0.303 e. The maximum atomic E-state index is 11.5. The Bertz CT molecular complexity index is 471. The largest absolute Gasteiger partial charge is 0.481 e. The van der Waals surface area contributed by atoms with Gasteiger partial charge in [-0.15, -0.1) is 11.3 Å². The first-order valence-corrected chi connectivity index (χ1v) is 8.12. The first kappa shape index (κ1) is 16.9. The molecule has 0 radical (unpaired) electrons. The van der Waals surface area contributed by atoms with Crippen LogP contribution in [0.1, 0.15) is 37.0 Å². The standard InChI is InChI=1S/C14H18BrNO3S/c15-12-8-6-11(20-12)7-9-13(17)16-10-4-2-1-3-5-14(18)19/h6-9H,1-5,10H2,(H,16,17)(H,18,19)/b9-7+. The number of hydrogen-bond acceptors (Lipinski definition) is 3. The van der Waals surface area contributed by atoms with E-state index in [2.05, 4.69) is 21.2 Å². The summed E-state index contributed by atoms with van der Waals surface area (Å²) in [4.78, 5) is 22.8. The van der Waals surface area contributed by atoms with E-state index in [1.807, 2.05) is 12.1 Å². The predicted molar refractivity (Wildman–Crippen MR) is 84.8 cm³/mol. The summed E-state index contributed by atoms with van der Waals surface area (Å²) in [5.74, 6) is -0.844. The van der Waals surface area contributed by atoms with Crippen LogP contribution in [0.25, 0.3) is 6.08 Å². The Morgan fingerprint density at radius 2 is 2.00 bits per heavy atom. The van der Waals surface area contributed by atoms with Crippen LogP contribution in [-0.2, 0) is 9.59 Å². The maximum absolute atomic E-state index is 11.5. The summed E-state index contributed by atoms with van der Waals surface area (Å²) in [5, 5.41) is 11.3. The SMILES string of the molecule is O=C(O)CCCCCCNC(=O)/C=C/c1ccc(Br)s1. The zero-order valence-corrected chi connectivity index (χ0v) is 13.5. The minimum atomic E-state index is -0.747. The lowest BCUT2D eigenvalue weighted by Gasteiger charge is -2.01. The normalized spacial score (nSPS) is 10.8. The molecule has 0 aromatic carbocycles. The van der Waals surface area contributed by atoms with E-state index in [1.54, 1.807) is 17.4 Å². The van der Waals surface area contributed by atoms with Gasteiger partial charge in [-0.3, -0.25) is 9.59 Å². The molecule has 0 atom stereocenters. The molecule has 1 rings (SSSR count). The Kier molecular flexibility index (Phi) is 8.22. The van der Waals surface area contributed by atoms with Crippen LogP contribution in [0.2, 0.25) is 0 Å². The lowest BCUT2D eigenvalue weighted by atomic mass is 10.1. The average molecular weight is 360 g/mol. The molecule has 110 valence electrons. The molecule has 0 unspecified atom stereocenters. The zero-order valence-electron chi connectivity index (χ0n) is 11.1. The predicted octanol–water partition coefficient (Wildman–Crippen LogP) is 3.68. The van der Waals surface area contributed by atoms with Gasteiger partial charge in [0.15, 0.2) is 0 Å². The highest BCUT2D eigenvalue weighted by molar-refractivity contribution is 9.11. The first-order chi connectivity index (χ1) is 9.58. The van der Waals surface area contributed by atoms with Crippen molar-refractivity contribution >= 4 is 45.2 Å². The molecule has 0 saturated heterocycles. The number of thiophene rings is 1. The molecule has 1 amide bonds. The molecule has 1 aromatic heterocycles. The minimum absolute atomic E-state index is 0.0972. The second-order valence-corrected chi connectivity index (χ2v) is 6.82. The third kappa shape index (κ3) is 8.12. The molecule has 0 saturated carbocycles. The maximum Gasteiger partial charge on any atom is 0.303 e. The molecule has 0 aliphatic rings. The highest BCUT2D eigenvalue weighted by Crippen LogP contribution is 2.22. The Morgan fingerprint density at radius 1 is 1.25 bits per heavy atom. The molecule has 0 aliphatic carbocycles. The third-order valence-electron chi connectivity index (χ3n) is 2.61. The summed E-state index contributed by atoms with van der Waals surface area (Å²) in [7, 11) is 0. The number of carboxylic acids is 1. The number of carbonyl (C=O) groups excluding carboxylic acids is 1. The Balaban J connectivity index is 2.05.